The minimum atomic E-state index is -0.513. The number of rotatable bonds is 3. The largest absolute Gasteiger partial charge is 0.451 e. The lowest BCUT2D eigenvalue weighted by atomic mass is 10.1. The number of fused-ring (bicyclic) bond motifs is 1. The zero-order valence-electron chi connectivity index (χ0n) is 13.0. The molecule has 118 valence electrons. The van der Waals surface area contributed by atoms with Crippen LogP contribution in [0.15, 0.2) is 27.4 Å². The summed E-state index contributed by atoms with van der Waals surface area (Å²) >= 11 is 1.29. The lowest BCUT2D eigenvalue weighted by Crippen LogP contribution is -2.15. The van der Waals surface area contributed by atoms with E-state index < -0.39 is 5.91 Å². The summed E-state index contributed by atoms with van der Waals surface area (Å²) in [6, 6.07) is 4.74. The smallest absolute Gasteiger partial charge is 0.293 e. The third kappa shape index (κ3) is 3.00. The van der Waals surface area contributed by atoms with E-state index in [4.69, 9.17) is 4.42 Å². The summed E-state index contributed by atoms with van der Waals surface area (Å²) in [5.41, 5.74) is 2.15. The first-order chi connectivity index (χ1) is 11.0. The summed E-state index contributed by atoms with van der Waals surface area (Å²) in [5, 5.41) is 12.1. The minimum Gasteiger partial charge on any atom is -0.451 e. The molecule has 0 spiro atoms. The molecule has 0 aliphatic carbocycles. The normalized spacial score (nSPS) is 10.9. The Hall–Kier alpha value is -2.54. The Morgan fingerprint density at radius 1 is 1.22 bits per heavy atom. The molecule has 0 saturated carbocycles. The number of aryl methyl sites for hydroxylation is 3. The van der Waals surface area contributed by atoms with Gasteiger partial charge in [-0.05, 0) is 43.5 Å². The summed E-state index contributed by atoms with van der Waals surface area (Å²) in [5.74, 6) is -0.556. The zero-order valence-corrected chi connectivity index (χ0v) is 13.8. The zero-order chi connectivity index (χ0) is 16.6. The van der Waals surface area contributed by atoms with Gasteiger partial charge in [0, 0.05) is 6.07 Å². The van der Waals surface area contributed by atoms with Crippen LogP contribution in [-0.4, -0.2) is 16.1 Å². The number of nitrogens with zero attached hydrogens (tertiary/aromatic N) is 2. The molecule has 1 amide bonds. The topological polar surface area (TPSA) is 85.1 Å². The van der Waals surface area contributed by atoms with Gasteiger partial charge in [0.25, 0.3) is 5.91 Å². The molecule has 0 aliphatic rings. The Bertz CT molecular complexity index is 959. The van der Waals surface area contributed by atoms with Crippen LogP contribution in [0.25, 0.3) is 11.0 Å². The highest BCUT2D eigenvalue weighted by Crippen LogP contribution is 2.20. The van der Waals surface area contributed by atoms with E-state index in [0.717, 1.165) is 22.6 Å². The van der Waals surface area contributed by atoms with Crippen LogP contribution in [-0.2, 0) is 6.42 Å². The van der Waals surface area contributed by atoms with E-state index in [2.05, 4.69) is 15.5 Å². The number of amides is 1. The number of anilines is 1. The summed E-state index contributed by atoms with van der Waals surface area (Å²) in [4.78, 5) is 24.5. The average molecular weight is 329 g/mol. The van der Waals surface area contributed by atoms with Crippen molar-refractivity contribution in [1.82, 2.24) is 10.2 Å². The predicted molar refractivity (Wildman–Crippen MR) is 89.2 cm³/mol. The average Bonchev–Trinajstić information content (AvgIpc) is 2.96. The molecule has 3 aromatic rings. The number of nitrogens with one attached hydrogen (secondary N) is 1. The summed E-state index contributed by atoms with van der Waals surface area (Å²) in [6.07, 6.45) is 0.747. The number of hydrogen-bond donors (Lipinski definition) is 1. The van der Waals surface area contributed by atoms with Gasteiger partial charge in [-0.25, -0.2) is 0 Å². The Morgan fingerprint density at radius 3 is 2.65 bits per heavy atom. The maximum absolute atomic E-state index is 12.3. The molecule has 6 nitrogen and oxygen atoms in total. The molecule has 0 bridgehead atoms. The van der Waals surface area contributed by atoms with Crippen molar-refractivity contribution in [2.45, 2.75) is 27.2 Å². The van der Waals surface area contributed by atoms with Gasteiger partial charge in [0.2, 0.25) is 5.13 Å². The van der Waals surface area contributed by atoms with Gasteiger partial charge in [0.15, 0.2) is 11.2 Å². The Labute approximate surface area is 136 Å². The fraction of sp³-hybridized carbons (Fsp3) is 0.250. The van der Waals surface area contributed by atoms with Gasteiger partial charge < -0.3 is 4.42 Å². The molecule has 2 aromatic heterocycles. The first kappa shape index (κ1) is 15.4. The van der Waals surface area contributed by atoms with Crippen molar-refractivity contribution in [3.63, 3.8) is 0 Å². The molecule has 7 heteroatoms. The highest BCUT2D eigenvalue weighted by atomic mass is 32.1. The van der Waals surface area contributed by atoms with Crippen molar-refractivity contribution in [3.05, 3.63) is 50.3 Å². The van der Waals surface area contributed by atoms with Crippen LogP contribution in [0, 0.1) is 13.8 Å². The standard InChI is InChI=1S/C16H15N3O3S/c1-4-14-18-19-16(23-14)17-15(21)13-7-11(20)10-5-8(2)9(3)6-12(10)22-13/h5-7H,4H2,1-3H3,(H,17,19,21). The minimum absolute atomic E-state index is 0.0426. The predicted octanol–water partition coefficient (Wildman–Crippen LogP) is 3.08. The fourth-order valence-electron chi connectivity index (χ4n) is 2.13. The van der Waals surface area contributed by atoms with Crippen molar-refractivity contribution >= 4 is 33.3 Å². The third-order valence-corrected chi connectivity index (χ3v) is 4.54. The second kappa shape index (κ2) is 5.92. The molecular weight excluding hydrogens is 314 g/mol. The van der Waals surface area contributed by atoms with Gasteiger partial charge in [-0.2, -0.15) is 0 Å². The highest BCUT2D eigenvalue weighted by Gasteiger charge is 2.15. The van der Waals surface area contributed by atoms with Crippen LogP contribution in [0.2, 0.25) is 0 Å². The van der Waals surface area contributed by atoms with E-state index in [9.17, 15) is 9.59 Å². The molecule has 2 heterocycles. The molecule has 1 aromatic carbocycles. The molecule has 0 fully saturated rings. The highest BCUT2D eigenvalue weighted by molar-refractivity contribution is 7.15. The Kier molecular flexibility index (Phi) is 3.96. The first-order valence-electron chi connectivity index (χ1n) is 7.16. The second-order valence-corrected chi connectivity index (χ2v) is 6.28. The van der Waals surface area contributed by atoms with Gasteiger partial charge >= 0.3 is 0 Å². The molecule has 0 aliphatic heterocycles. The van der Waals surface area contributed by atoms with Crippen LogP contribution in [0.5, 0.6) is 0 Å². The summed E-state index contributed by atoms with van der Waals surface area (Å²) in [6.45, 7) is 5.81. The lowest BCUT2D eigenvalue weighted by Gasteiger charge is -2.05. The molecule has 23 heavy (non-hydrogen) atoms. The van der Waals surface area contributed by atoms with Gasteiger partial charge in [0.1, 0.15) is 10.6 Å². The number of hydrogen-bond acceptors (Lipinski definition) is 6. The third-order valence-electron chi connectivity index (χ3n) is 3.56. The molecule has 0 saturated heterocycles. The van der Waals surface area contributed by atoms with E-state index in [1.807, 2.05) is 20.8 Å². The quantitative estimate of drug-likeness (QED) is 0.798. The van der Waals surface area contributed by atoms with Gasteiger partial charge in [-0.15, -0.1) is 10.2 Å². The summed E-state index contributed by atoms with van der Waals surface area (Å²) < 4.78 is 5.59. The SMILES string of the molecule is CCc1nnc(NC(=O)c2cc(=O)c3cc(C)c(C)cc3o2)s1. The molecule has 3 rings (SSSR count). The number of carbonyl (C=O) groups is 1. The number of carbonyl (C=O) groups excluding carboxylic acids is 1. The number of aromatic nitrogens is 2. The van der Waals surface area contributed by atoms with Crippen molar-refractivity contribution < 1.29 is 9.21 Å². The van der Waals surface area contributed by atoms with Crippen molar-refractivity contribution in [2.75, 3.05) is 5.32 Å². The van der Waals surface area contributed by atoms with Crippen LogP contribution in [0.4, 0.5) is 5.13 Å². The van der Waals surface area contributed by atoms with Crippen LogP contribution < -0.4 is 10.7 Å². The first-order valence-corrected chi connectivity index (χ1v) is 7.98. The van der Waals surface area contributed by atoms with E-state index in [1.165, 1.54) is 17.4 Å². The van der Waals surface area contributed by atoms with E-state index in [-0.39, 0.29) is 11.2 Å². The van der Waals surface area contributed by atoms with Crippen LogP contribution in [0.3, 0.4) is 0 Å². The van der Waals surface area contributed by atoms with E-state index in [0.29, 0.717) is 16.1 Å². The van der Waals surface area contributed by atoms with Crippen LogP contribution >= 0.6 is 11.3 Å². The van der Waals surface area contributed by atoms with Crippen molar-refractivity contribution in [2.24, 2.45) is 0 Å². The molecule has 1 N–H and O–H groups in total. The van der Waals surface area contributed by atoms with Crippen molar-refractivity contribution in [3.8, 4) is 0 Å². The van der Waals surface area contributed by atoms with Crippen molar-refractivity contribution in [1.29, 1.82) is 0 Å². The van der Waals surface area contributed by atoms with E-state index in [1.54, 1.807) is 12.1 Å². The van der Waals surface area contributed by atoms with Gasteiger partial charge in [0.05, 0.1) is 5.39 Å². The van der Waals surface area contributed by atoms with Gasteiger partial charge in [-0.3, -0.25) is 14.9 Å². The fourth-order valence-corrected chi connectivity index (χ4v) is 2.80. The maximum Gasteiger partial charge on any atom is 0.293 e. The lowest BCUT2D eigenvalue weighted by molar-refractivity contribution is 0.0997. The molecular formula is C16H15N3O3S. The Balaban J connectivity index is 1.97. The maximum atomic E-state index is 12.3. The van der Waals surface area contributed by atoms with Crippen LogP contribution in [0.1, 0.15) is 33.6 Å². The Morgan fingerprint density at radius 2 is 1.96 bits per heavy atom. The summed E-state index contributed by atoms with van der Waals surface area (Å²) in [7, 11) is 0. The second-order valence-electron chi connectivity index (χ2n) is 5.22. The molecule has 0 unspecified atom stereocenters. The molecule has 0 atom stereocenters. The van der Waals surface area contributed by atoms with E-state index >= 15 is 0 Å². The molecule has 0 radical (unpaired) electrons. The monoisotopic (exact) mass is 329 g/mol. The van der Waals surface area contributed by atoms with Gasteiger partial charge in [-0.1, -0.05) is 18.3 Å². The number of benzene rings is 1.